The second-order valence-corrected chi connectivity index (χ2v) is 11.8. The van der Waals surface area contributed by atoms with Gasteiger partial charge in [0.15, 0.2) is 0 Å². The third-order valence-corrected chi connectivity index (χ3v) is 6.99. The average molecular weight is 483 g/mol. The smallest absolute Gasteiger partial charge is 0.0726 e. The van der Waals surface area contributed by atoms with E-state index in [0.29, 0.717) is 12.0 Å². The number of hydrogen-bond donors (Lipinski definition) is 2. The van der Waals surface area contributed by atoms with Crippen LogP contribution in [0.4, 0.5) is 11.4 Å². The van der Waals surface area contributed by atoms with E-state index in [1.807, 2.05) is 0 Å². The number of aromatic nitrogens is 2. The minimum atomic E-state index is 0.216. The summed E-state index contributed by atoms with van der Waals surface area (Å²) in [6.07, 6.45) is 2.25. The molecule has 4 heteroatoms. The van der Waals surface area contributed by atoms with Crippen LogP contribution in [0.2, 0.25) is 0 Å². The lowest BCUT2D eigenvalue weighted by Gasteiger charge is -2.32. The summed E-state index contributed by atoms with van der Waals surface area (Å²) in [5, 5.41) is 9.96. The Kier molecular flexibility index (Phi) is 7.54. The molecule has 0 aliphatic heterocycles. The molecule has 2 unspecified atom stereocenters. The topological polar surface area (TPSA) is 49.8 Å². The molecule has 2 atom stereocenters. The molecule has 4 rings (SSSR count). The second kappa shape index (κ2) is 10.5. The lowest BCUT2D eigenvalue weighted by Crippen LogP contribution is -2.28. The fourth-order valence-electron chi connectivity index (χ4n) is 5.74. The summed E-state index contributed by atoms with van der Waals surface area (Å²) in [6, 6.07) is 17.7. The van der Waals surface area contributed by atoms with Crippen molar-refractivity contribution in [2.75, 3.05) is 17.2 Å². The predicted octanol–water partition coefficient (Wildman–Crippen LogP) is 8.37. The highest BCUT2D eigenvalue weighted by molar-refractivity contribution is 5.92. The quantitative estimate of drug-likeness (QED) is 0.251. The molecule has 2 N–H and O–H groups in total. The first-order chi connectivity index (χ1) is 17.0. The van der Waals surface area contributed by atoms with Gasteiger partial charge in [0.25, 0.3) is 0 Å². The maximum absolute atomic E-state index is 4.72. The molecule has 190 valence electrons. The number of rotatable bonds is 9. The molecule has 0 aliphatic carbocycles. The van der Waals surface area contributed by atoms with Gasteiger partial charge in [-0.2, -0.15) is 0 Å². The number of fused-ring (bicyclic) bond motifs is 2. The van der Waals surface area contributed by atoms with Crippen molar-refractivity contribution in [1.82, 2.24) is 9.97 Å². The Morgan fingerprint density at radius 1 is 0.722 bits per heavy atom. The fraction of sp³-hybridized carbons (Fsp3) is 0.438. The van der Waals surface area contributed by atoms with Crippen LogP contribution in [0, 0.1) is 39.0 Å². The van der Waals surface area contributed by atoms with Crippen LogP contribution in [0.15, 0.2) is 48.5 Å². The summed E-state index contributed by atoms with van der Waals surface area (Å²) in [6.45, 7) is 18.8. The summed E-state index contributed by atoms with van der Waals surface area (Å²) >= 11 is 0. The van der Waals surface area contributed by atoms with Crippen LogP contribution < -0.4 is 10.6 Å². The van der Waals surface area contributed by atoms with Crippen molar-refractivity contribution in [3.05, 3.63) is 71.0 Å². The Morgan fingerprint density at radius 3 is 1.83 bits per heavy atom. The van der Waals surface area contributed by atoms with Gasteiger partial charge in [0.05, 0.1) is 11.0 Å². The molecule has 0 aliphatic rings. The summed E-state index contributed by atoms with van der Waals surface area (Å²) < 4.78 is 0. The second-order valence-electron chi connectivity index (χ2n) is 11.8. The van der Waals surface area contributed by atoms with Gasteiger partial charge in [-0.25, -0.2) is 0 Å². The third-order valence-electron chi connectivity index (χ3n) is 6.99. The summed E-state index contributed by atoms with van der Waals surface area (Å²) in [7, 11) is 0. The van der Waals surface area contributed by atoms with Gasteiger partial charge in [-0.3, -0.25) is 9.97 Å². The number of pyridine rings is 2. The van der Waals surface area contributed by atoms with Crippen molar-refractivity contribution in [3.63, 3.8) is 0 Å². The van der Waals surface area contributed by atoms with Gasteiger partial charge in [-0.05, 0) is 95.2 Å². The lowest BCUT2D eigenvalue weighted by molar-refractivity contribution is 0.252. The molecule has 0 saturated heterocycles. The minimum Gasteiger partial charge on any atom is -0.384 e. The van der Waals surface area contributed by atoms with Crippen LogP contribution in [0.5, 0.6) is 0 Å². The number of nitrogens with zero attached hydrogens (tertiary/aromatic N) is 2. The Morgan fingerprint density at radius 2 is 1.25 bits per heavy atom. The van der Waals surface area contributed by atoms with Crippen molar-refractivity contribution in [2.24, 2.45) is 11.3 Å². The van der Waals surface area contributed by atoms with E-state index in [-0.39, 0.29) is 5.41 Å². The standard InChI is InChI=1S/C32H42N4/c1-20-9-11-28-26(13-20)30(15-23(4)34-28)33-19-22(3)17-32(7,8)18-25(6)36-31-16-24(5)35-29-12-10-21(2)14-27(29)31/h9-16,22,25H,17-19H2,1-8H3,(H,33,34)(H,35,36). The molecule has 0 saturated carbocycles. The SMILES string of the molecule is Cc1ccc2nc(C)cc(NCC(C)CC(C)(C)CC(C)Nc3cc(C)nc4ccc(C)cc34)c2c1. The Balaban J connectivity index is 1.39. The van der Waals surface area contributed by atoms with Crippen LogP contribution >= 0.6 is 0 Å². The van der Waals surface area contributed by atoms with Crippen LogP contribution in [-0.4, -0.2) is 22.6 Å². The Labute approximate surface area is 217 Å². The van der Waals surface area contributed by atoms with E-state index in [1.165, 1.54) is 33.3 Å². The van der Waals surface area contributed by atoms with Crippen molar-refractivity contribution in [2.45, 2.75) is 74.3 Å². The van der Waals surface area contributed by atoms with E-state index < -0.39 is 0 Å². The summed E-state index contributed by atoms with van der Waals surface area (Å²) in [4.78, 5) is 9.43. The predicted molar refractivity (Wildman–Crippen MR) is 156 cm³/mol. The number of nitrogens with one attached hydrogen (secondary N) is 2. The fourth-order valence-corrected chi connectivity index (χ4v) is 5.74. The largest absolute Gasteiger partial charge is 0.384 e. The van der Waals surface area contributed by atoms with E-state index in [9.17, 15) is 0 Å². The first-order valence-corrected chi connectivity index (χ1v) is 13.3. The number of anilines is 2. The third kappa shape index (κ3) is 6.34. The molecule has 0 spiro atoms. The van der Waals surface area contributed by atoms with Crippen molar-refractivity contribution >= 4 is 33.2 Å². The van der Waals surface area contributed by atoms with Crippen LogP contribution in [0.25, 0.3) is 21.8 Å². The molecule has 2 aromatic heterocycles. The van der Waals surface area contributed by atoms with E-state index >= 15 is 0 Å². The molecule has 0 radical (unpaired) electrons. The number of aryl methyl sites for hydroxylation is 4. The number of benzene rings is 2. The molecule has 2 heterocycles. The molecule has 0 amide bonds. The van der Waals surface area contributed by atoms with Crippen molar-refractivity contribution in [3.8, 4) is 0 Å². The van der Waals surface area contributed by atoms with Crippen LogP contribution in [0.1, 0.15) is 63.1 Å². The van der Waals surface area contributed by atoms with E-state index in [0.717, 1.165) is 41.8 Å². The maximum atomic E-state index is 4.72. The van der Waals surface area contributed by atoms with E-state index in [1.54, 1.807) is 0 Å². The zero-order chi connectivity index (χ0) is 26.0. The molecular weight excluding hydrogens is 440 g/mol. The highest BCUT2D eigenvalue weighted by atomic mass is 14.9. The molecule has 2 aromatic carbocycles. The van der Waals surface area contributed by atoms with E-state index in [4.69, 9.17) is 9.97 Å². The zero-order valence-corrected chi connectivity index (χ0v) is 23.3. The molecule has 4 nitrogen and oxygen atoms in total. The summed E-state index contributed by atoms with van der Waals surface area (Å²) in [5.74, 6) is 0.548. The minimum absolute atomic E-state index is 0.216. The first kappa shape index (κ1) is 25.9. The van der Waals surface area contributed by atoms with Crippen LogP contribution in [-0.2, 0) is 0 Å². The van der Waals surface area contributed by atoms with Gasteiger partial charge in [0, 0.05) is 46.1 Å². The molecular formula is C32H42N4. The van der Waals surface area contributed by atoms with Crippen molar-refractivity contribution < 1.29 is 0 Å². The van der Waals surface area contributed by atoms with Gasteiger partial charge in [-0.1, -0.05) is 44.0 Å². The normalized spacial score (nSPS) is 13.7. The Bertz CT molecular complexity index is 1370. The maximum Gasteiger partial charge on any atom is 0.0726 e. The molecule has 4 aromatic rings. The average Bonchev–Trinajstić information content (AvgIpc) is 2.77. The molecule has 0 fully saturated rings. The zero-order valence-electron chi connectivity index (χ0n) is 23.3. The number of hydrogen-bond acceptors (Lipinski definition) is 4. The van der Waals surface area contributed by atoms with Gasteiger partial charge < -0.3 is 10.6 Å². The monoisotopic (exact) mass is 482 g/mol. The summed E-state index contributed by atoms with van der Waals surface area (Å²) in [5.41, 5.74) is 9.34. The highest BCUT2D eigenvalue weighted by Crippen LogP contribution is 2.33. The van der Waals surface area contributed by atoms with Gasteiger partial charge in [-0.15, -0.1) is 0 Å². The van der Waals surface area contributed by atoms with Gasteiger partial charge in [0.1, 0.15) is 0 Å². The molecule has 0 bridgehead atoms. The van der Waals surface area contributed by atoms with Gasteiger partial charge >= 0.3 is 0 Å². The van der Waals surface area contributed by atoms with Crippen molar-refractivity contribution in [1.29, 1.82) is 0 Å². The van der Waals surface area contributed by atoms with Crippen LogP contribution in [0.3, 0.4) is 0 Å². The Hall–Kier alpha value is -3.14. The highest BCUT2D eigenvalue weighted by Gasteiger charge is 2.24. The molecule has 36 heavy (non-hydrogen) atoms. The lowest BCUT2D eigenvalue weighted by atomic mass is 9.78. The first-order valence-electron chi connectivity index (χ1n) is 13.3. The van der Waals surface area contributed by atoms with E-state index in [2.05, 4.69) is 115 Å². The van der Waals surface area contributed by atoms with Gasteiger partial charge in [0.2, 0.25) is 0 Å².